The number of hydrogen-bond donors (Lipinski definition) is 0. The predicted octanol–water partition coefficient (Wildman–Crippen LogP) is 4.25. The zero-order valence-electron chi connectivity index (χ0n) is 16.7. The van der Waals surface area contributed by atoms with Gasteiger partial charge in [0, 0.05) is 12.6 Å². The molecule has 7 nitrogen and oxygen atoms in total. The van der Waals surface area contributed by atoms with Crippen LogP contribution in [0.15, 0.2) is 46.2 Å². The molecule has 1 aliphatic carbocycles. The van der Waals surface area contributed by atoms with Crippen molar-refractivity contribution in [1.29, 1.82) is 0 Å². The molecule has 2 amide bonds. The molecule has 3 heterocycles. The lowest BCUT2D eigenvalue weighted by Crippen LogP contribution is -2.48. The minimum atomic E-state index is -0.443. The highest BCUT2D eigenvalue weighted by molar-refractivity contribution is 7.12. The van der Waals surface area contributed by atoms with Crippen molar-refractivity contribution in [3.8, 4) is 11.5 Å². The summed E-state index contributed by atoms with van der Waals surface area (Å²) in [4.78, 5) is 30.5. The van der Waals surface area contributed by atoms with E-state index in [0.29, 0.717) is 40.2 Å². The third kappa shape index (κ3) is 4.09. The number of nitrogens with zero attached hydrogens (tertiary/aromatic N) is 4. The van der Waals surface area contributed by atoms with Crippen LogP contribution < -0.4 is 0 Å². The van der Waals surface area contributed by atoms with Gasteiger partial charge in [-0.1, -0.05) is 29.8 Å². The molecule has 1 saturated carbocycles. The summed E-state index contributed by atoms with van der Waals surface area (Å²) in [6.45, 7) is 0.835. The van der Waals surface area contributed by atoms with E-state index in [1.54, 1.807) is 21.9 Å². The Hall–Kier alpha value is -2.71. The number of hydrogen-bond acceptors (Lipinski definition) is 6. The molecule has 0 radical (unpaired) electrons. The van der Waals surface area contributed by atoms with Crippen molar-refractivity contribution in [3.63, 3.8) is 0 Å². The van der Waals surface area contributed by atoms with E-state index in [1.165, 1.54) is 11.3 Å². The second kappa shape index (κ2) is 8.43. The molecule has 1 aliphatic heterocycles. The van der Waals surface area contributed by atoms with Gasteiger partial charge in [-0.25, -0.2) is 0 Å². The number of carbonyl (C=O) groups excluding carboxylic acids is 2. The van der Waals surface area contributed by atoms with Crippen LogP contribution in [0.5, 0.6) is 0 Å². The van der Waals surface area contributed by atoms with Crippen molar-refractivity contribution in [3.05, 3.63) is 57.6 Å². The van der Waals surface area contributed by atoms with Crippen LogP contribution in [-0.2, 0) is 11.3 Å². The van der Waals surface area contributed by atoms with Crippen molar-refractivity contribution in [1.82, 2.24) is 20.0 Å². The van der Waals surface area contributed by atoms with Gasteiger partial charge in [0.05, 0.1) is 22.0 Å². The summed E-state index contributed by atoms with van der Waals surface area (Å²) >= 11 is 7.63. The molecule has 2 fully saturated rings. The molecule has 0 spiro atoms. The fourth-order valence-electron chi connectivity index (χ4n) is 3.98. The molecule has 2 aliphatic rings. The van der Waals surface area contributed by atoms with Crippen molar-refractivity contribution >= 4 is 34.8 Å². The van der Waals surface area contributed by atoms with Crippen LogP contribution >= 0.6 is 22.9 Å². The predicted molar refractivity (Wildman–Crippen MR) is 117 cm³/mol. The molecule has 3 aromatic rings. The standard InChI is InChI=1S/C22H21ClN4O3S/c23-16-6-2-1-5-15(16)20-25-24-19(30-20)13-27(14-9-10-14)21(28)17-7-3-11-26(17)22(29)18-8-4-12-31-18/h1-2,4-6,8,12,14,17H,3,7,9-11,13H2/t17-/m0/s1. The molecule has 160 valence electrons. The highest BCUT2D eigenvalue weighted by Crippen LogP contribution is 2.33. The summed E-state index contributed by atoms with van der Waals surface area (Å²) in [7, 11) is 0. The Balaban J connectivity index is 1.34. The van der Waals surface area contributed by atoms with E-state index < -0.39 is 6.04 Å². The number of halogens is 1. The molecule has 1 atom stereocenters. The SMILES string of the molecule is O=C([C@@H]1CCCN1C(=O)c1cccs1)N(Cc1nnc(-c2ccccc2Cl)o1)C1CC1. The average Bonchev–Trinajstić information content (AvgIpc) is 3.20. The third-order valence-electron chi connectivity index (χ3n) is 5.68. The van der Waals surface area contributed by atoms with Crippen molar-refractivity contribution < 1.29 is 14.0 Å². The molecule has 1 saturated heterocycles. The lowest BCUT2D eigenvalue weighted by atomic mass is 10.1. The summed E-state index contributed by atoms with van der Waals surface area (Å²) in [5.74, 6) is 0.589. The van der Waals surface area contributed by atoms with E-state index in [4.69, 9.17) is 16.0 Å². The van der Waals surface area contributed by atoms with Gasteiger partial charge in [-0.05, 0) is 49.3 Å². The van der Waals surface area contributed by atoms with Crippen LogP contribution in [0.4, 0.5) is 0 Å². The smallest absolute Gasteiger partial charge is 0.264 e. The maximum Gasteiger partial charge on any atom is 0.264 e. The Morgan fingerprint density at radius 3 is 2.74 bits per heavy atom. The van der Waals surface area contributed by atoms with Gasteiger partial charge < -0.3 is 14.2 Å². The van der Waals surface area contributed by atoms with E-state index in [2.05, 4.69) is 10.2 Å². The van der Waals surface area contributed by atoms with Gasteiger partial charge in [0.1, 0.15) is 6.04 Å². The maximum atomic E-state index is 13.5. The monoisotopic (exact) mass is 456 g/mol. The Bertz CT molecular complexity index is 1100. The Kier molecular flexibility index (Phi) is 5.50. The summed E-state index contributed by atoms with van der Waals surface area (Å²) in [6.07, 6.45) is 3.39. The molecule has 0 bridgehead atoms. The molecule has 31 heavy (non-hydrogen) atoms. The Morgan fingerprint density at radius 1 is 1.16 bits per heavy atom. The number of amides is 2. The van der Waals surface area contributed by atoms with Crippen LogP contribution in [-0.4, -0.2) is 50.4 Å². The number of thiophene rings is 1. The van der Waals surface area contributed by atoms with E-state index in [0.717, 1.165) is 19.3 Å². The van der Waals surface area contributed by atoms with Gasteiger partial charge in [-0.2, -0.15) is 0 Å². The Labute approximate surface area is 188 Å². The summed E-state index contributed by atoms with van der Waals surface area (Å²) in [5, 5.41) is 10.7. The lowest BCUT2D eigenvalue weighted by Gasteiger charge is -2.29. The zero-order chi connectivity index (χ0) is 21.4. The molecule has 5 rings (SSSR count). The molecule has 1 aromatic carbocycles. The quantitative estimate of drug-likeness (QED) is 0.554. The fourth-order valence-corrected chi connectivity index (χ4v) is 4.88. The summed E-state index contributed by atoms with van der Waals surface area (Å²) < 4.78 is 5.83. The normalized spacial score (nSPS) is 18.4. The largest absolute Gasteiger partial charge is 0.419 e. The van der Waals surface area contributed by atoms with Crippen LogP contribution in [0.1, 0.15) is 41.2 Å². The topological polar surface area (TPSA) is 79.5 Å². The zero-order valence-corrected chi connectivity index (χ0v) is 18.3. The van der Waals surface area contributed by atoms with Crippen molar-refractivity contribution in [2.45, 2.75) is 44.3 Å². The molecular formula is C22H21ClN4O3S. The first-order valence-electron chi connectivity index (χ1n) is 10.3. The molecular weight excluding hydrogens is 436 g/mol. The first-order chi connectivity index (χ1) is 15.1. The third-order valence-corrected chi connectivity index (χ3v) is 6.87. The van der Waals surface area contributed by atoms with Crippen LogP contribution in [0.3, 0.4) is 0 Å². The van der Waals surface area contributed by atoms with Crippen LogP contribution in [0, 0.1) is 0 Å². The van der Waals surface area contributed by atoms with E-state index in [-0.39, 0.29) is 24.4 Å². The van der Waals surface area contributed by atoms with E-state index in [1.807, 2.05) is 29.6 Å². The first kappa shape index (κ1) is 20.2. The first-order valence-corrected chi connectivity index (χ1v) is 11.6. The van der Waals surface area contributed by atoms with Gasteiger partial charge in [0.2, 0.25) is 17.7 Å². The highest BCUT2D eigenvalue weighted by Gasteiger charge is 2.42. The van der Waals surface area contributed by atoms with E-state index in [9.17, 15) is 9.59 Å². The maximum absolute atomic E-state index is 13.5. The number of carbonyl (C=O) groups is 2. The van der Waals surface area contributed by atoms with Gasteiger partial charge in [-0.3, -0.25) is 9.59 Å². The lowest BCUT2D eigenvalue weighted by molar-refractivity contribution is -0.136. The average molecular weight is 457 g/mol. The van der Waals surface area contributed by atoms with Gasteiger partial charge >= 0.3 is 0 Å². The van der Waals surface area contributed by atoms with Crippen LogP contribution in [0.25, 0.3) is 11.5 Å². The number of rotatable bonds is 6. The van der Waals surface area contributed by atoms with Gasteiger partial charge in [0.25, 0.3) is 5.91 Å². The van der Waals surface area contributed by atoms with E-state index >= 15 is 0 Å². The fraction of sp³-hybridized carbons (Fsp3) is 0.364. The second-order valence-corrected chi connectivity index (χ2v) is 9.17. The molecule has 0 N–H and O–H groups in total. The minimum Gasteiger partial charge on any atom is -0.419 e. The minimum absolute atomic E-state index is 0.0394. The molecule has 9 heteroatoms. The number of aromatic nitrogens is 2. The summed E-state index contributed by atoms with van der Waals surface area (Å²) in [6, 6.07) is 10.6. The van der Waals surface area contributed by atoms with Crippen molar-refractivity contribution in [2.24, 2.45) is 0 Å². The summed E-state index contributed by atoms with van der Waals surface area (Å²) in [5.41, 5.74) is 0.663. The van der Waals surface area contributed by atoms with Gasteiger partial charge in [-0.15, -0.1) is 21.5 Å². The number of benzene rings is 1. The van der Waals surface area contributed by atoms with Gasteiger partial charge in [0.15, 0.2) is 0 Å². The Morgan fingerprint density at radius 2 is 2.00 bits per heavy atom. The van der Waals surface area contributed by atoms with Crippen molar-refractivity contribution in [2.75, 3.05) is 6.54 Å². The number of likely N-dealkylation sites (tertiary alicyclic amines) is 1. The highest BCUT2D eigenvalue weighted by atomic mass is 35.5. The molecule has 0 unspecified atom stereocenters. The second-order valence-electron chi connectivity index (χ2n) is 7.81. The van der Waals surface area contributed by atoms with Crippen LogP contribution in [0.2, 0.25) is 5.02 Å². The molecule has 2 aromatic heterocycles.